The number of carbonyl (C=O) groups is 1. The first-order valence-electron chi connectivity index (χ1n) is 7.85. The normalized spacial score (nSPS) is 32.0. The molecule has 1 heterocycles. The average Bonchev–Trinajstić information content (AvgIpc) is 2.77. The van der Waals surface area contributed by atoms with E-state index < -0.39 is 0 Å². The second kappa shape index (κ2) is 6.41. The first kappa shape index (κ1) is 15.7. The Balaban J connectivity index is 1.83. The number of hydrogen-bond acceptors (Lipinski definition) is 4. The molecule has 0 aromatic carbocycles. The zero-order chi connectivity index (χ0) is 14.8. The quantitative estimate of drug-likeness (QED) is 0.801. The van der Waals surface area contributed by atoms with Gasteiger partial charge in [0, 0.05) is 45.3 Å². The van der Waals surface area contributed by atoms with Crippen LogP contribution in [0.3, 0.4) is 0 Å². The zero-order valence-electron chi connectivity index (χ0n) is 13.3. The standard InChI is InChI=1S/C15H30N4O/c1-15(6-4-5-13(15)16)14(20)19-11-9-18(10-12-19)8-7-17(2)3/h13H,4-12,16H2,1-3H3. The van der Waals surface area contributed by atoms with Crippen LogP contribution in [0.25, 0.3) is 0 Å². The van der Waals surface area contributed by atoms with Crippen molar-refractivity contribution in [2.24, 2.45) is 11.1 Å². The minimum absolute atomic E-state index is 0.0433. The summed E-state index contributed by atoms with van der Waals surface area (Å²) in [7, 11) is 4.20. The molecule has 0 aromatic heterocycles. The van der Waals surface area contributed by atoms with Crippen LogP contribution in [0.5, 0.6) is 0 Å². The van der Waals surface area contributed by atoms with Crippen LogP contribution in [0.2, 0.25) is 0 Å². The average molecular weight is 282 g/mol. The SMILES string of the molecule is CN(C)CCN1CCN(C(=O)C2(C)CCCC2N)CC1. The Morgan fingerprint density at radius 2 is 1.95 bits per heavy atom. The fourth-order valence-electron chi connectivity index (χ4n) is 3.34. The smallest absolute Gasteiger partial charge is 0.230 e. The van der Waals surface area contributed by atoms with Crippen molar-refractivity contribution in [2.45, 2.75) is 32.2 Å². The van der Waals surface area contributed by atoms with Gasteiger partial charge in [0.1, 0.15) is 0 Å². The third-order valence-corrected chi connectivity index (χ3v) is 5.04. The molecule has 0 spiro atoms. The lowest BCUT2D eigenvalue weighted by atomic mass is 9.83. The summed E-state index contributed by atoms with van der Waals surface area (Å²) in [6, 6.07) is 0.0433. The van der Waals surface area contributed by atoms with E-state index in [0.717, 1.165) is 58.5 Å². The Labute approximate surface area is 123 Å². The van der Waals surface area contributed by atoms with E-state index in [9.17, 15) is 4.79 Å². The Kier molecular flexibility index (Phi) is 5.04. The van der Waals surface area contributed by atoms with Crippen LogP contribution in [0.1, 0.15) is 26.2 Å². The van der Waals surface area contributed by atoms with Crippen LogP contribution < -0.4 is 5.73 Å². The van der Waals surface area contributed by atoms with Crippen LogP contribution >= 0.6 is 0 Å². The first-order valence-corrected chi connectivity index (χ1v) is 7.85. The summed E-state index contributed by atoms with van der Waals surface area (Å²) < 4.78 is 0. The molecule has 5 heteroatoms. The third kappa shape index (κ3) is 3.32. The van der Waals surface area contributed by atoms with Crippen molar-refractivity contribution >= 4 is 5.91 Å². The highest BCUT2D eigenvalue weighted by atomic mass is 16.2. The van der Waals surface area contributed by atoms with Gasteiger partial charge < -0.3 is 15.5 Å². The van der Waals surface area contributed by atoms with Gasteiger partial charge in [-0.05, 0) is 33.9 Å². The summed E-state index contributed by atoms with van der Waals surface area (Å²) >= 11 is 0. The number of rotatable bonds is 4. The van der Waals surface area contributed by atoms with Gasteiger partial charge in [0.15, 0.2) is 0 Å². The molecule has 0 radical (unpaired) electrons. The highest BCUT2D eigenvalue weighted by Gasteiger charge is 2.45. The molecule has 1 aliphatic heterocycles. The molecule has 0 bridgehead atoms. The first-order chi connectivity index (χ1) is 9.43. The summed E-state index contributed by atoms with van der Waals surface area (Å²) in [4.78, 5) is 19.4. The molecule has 1 aliphatic carbocycles. The molecule has 2 N–H and O–H groups in total. The van der Waals surface area contributed by atoms with Gasteiger partial charge in [-0.3, -0.25) is 9.69 Å². The number of amides is 1. The van der Waals surface area contributed by atoms with Gasteiger partial charge in [-0.15, -0.1) is 0 Å². The van der Waals surface area contributed by atoms with Crippen molar-refractivity contribution < 1.29 is 4.79 Å². The Bertz CT molecular complexity index is 339. The van der Waals surface area contributed by atoms with Gasteiger partial charge in [-0.2, -0.15) is 0 Å². The molecular weight excluding hydrogens is 252 g/mol. The number of carbonyl (C=O) groups excluding carboxylic acids is 1. The molecule has 2 fully saturated rings. The fraction of sp³-hybridized carbons (Fsp3) is 0.933. The zero-order valence-corrected chi connectivity index (χ0v) is 13.3. The van der Waals surface area contributed by atoms with Gasteiger partial charge in [-0.25, -0.2) is 0 Å². The molecule has 2 unspecified atom stereocenters. The predicted molar refractivity (Wildman–Crippen MR) is 81.5 cm³/mol. The molecule has 1 saturated carbocycles. The number of hydrogen-bond donors (Lipinski definition) is 1. The molecule has 2 aliphatic rings. The lowest BCUT2D eigenvalue weighted by Gasteiger charge is -2.40. The fourth-order valence-corrected chi connectivity index (χ4v) is 3.34. The van der Waals surface area contributed by atoms with Crippen LogP contribution in [-0.4, -0.2) is 80.0 Å². The summed E-state index contributed by atoms with van der Waals surface area (Å²) in [6.45, 7) is 7.92. The van der Waals surface area contributed by atoms with E-state index in [1.807, 2.05) is 4.90 Å². The third-order valence-electron chi connectivity index (χ3n) is 5.04. The highest BCUT2D eigenvalue weighted by Crippen LogP contribution is 2.38. The van der Waals surface area contributed by atoms with E-state index in [0.29, 0.717) is 0 Å². The second-order valence-electron chi connectivity index (χ2n) is 6.85. The highest BCUT2D eigenvalue weighted by molar-refractivity contribution is 5.83. The van der Waals surface area contributed by atoms with Crippen molar-refractivity contribution in [1.82, 2.24) is 14.7 Å². The summed E-state index contributed by atoms with van der Waals surface area (Å²) in [6.07, 6.45) is 3.03. The van der Waals surface area contributed by atoms with E-state index in [1.54, 1.807) is 0 Å². The summed E-state index contributed by atoms with van der Waals surface area (Å²) in [5.74, 6) is 0.287. The van der Waals surface area contributed by atoms with Gasteiger partial charge in [0.05, 0.1) is 5.41 Å². The monoisotopic (exact) mass is 282 g/mol. The maximum atomic E-state index is 12.7. The molecule has 2 rings (SSSR count). The minimum atomic E-state index is -0.314. The van der Waals surface area contributed by atoms with Gasteiger partial charge in [-0.1, -0.05) is 6.42 Å². The van der Waals surface area contributed by atoms with E-state index >= 15 is 0 Å². The lowest BCUT2D eigenvalue weighted by molar-refractivity contribution is -0.143. The Morgan fingerprint density at radius 3 is 2.45 bits per heavy atom. The maximum Gasteiger partial charge on any atom is 0.230 e. The maximum absolute atomic E-state index is 12.7. The Morgan fingerprint density at radius 1 is 1.30 bits per heavy atom. The summed E-state index contributed by atoms with van der Waals surface area (Å²) in [5.41, 5.74) is 5.85. The molecule has 116 valence electrons. The van der Waals surface area contributed by atoms with E-state index in [2.05, 4.69) is 30.8 Å². The van der Waals surface area contributed by atoms with Crippen molar-refractivity contribution in [3.63, 3.8) is 0 Å². The minimum Gasteiger partial charge on any atom is -0.340 e. The van der Waals surface area contributed by atoms with Crippen LogP contribution in [0.4, 0.5) is 0 Å². The number of nitrogens with zero attached hydrogens (tertiary/aromatic N) is 3. The molecule has 1 amide bonds. The number of likely N-dealkylation sites (N-methyl/N-ethyl adjacent to an activating group) is 1. The number of nitrogens with two attached hydrogens (primary N) is 1. The van der Waals surface area contributed by atoms with Crippen LogP contribution in [0.15, 0.2) is 0 Å². The predicted octanol–water partition coefficient (Wildman–Crippen LogP) is 0.210. The number of piperazine rings is 1. The molecule has 0 aromatic rings. The van der Waals surface area contributed by atoms with E-state index in [4.69, 9.17) is 5.73 Å². The van der Waals surface area contributed by atoms with Crippen LogP contribution in [0, 0.1) is 5.41 Å². The lowest BCUT2D eigenvalue weighted by Crippen LogP contribution is -2.55. The van der Waals surface area contributed by atoms with Crippen molar-refractivity contribution in [1.29, 1.82) is 0 Å². The van der Waals surface area contributed by atoms with Gasteiger partial charge in [0.2, 0.25) is 5.91 Å². The van der Waals surface area contributed by atoms with E-state index in [-0.39, 0.29) is 17.4 Å². The van der Waals surface area contributed by atoms with Crippen molar-refractivity contribution in [2.75, 3.05) is 53.4 Å². The summed E-state index contributed by atoms with van der Waals surface area (Å²) in [5, 5.41) is 0. The van der Waals surface area contributed by atoms with Gasteiger partial charge >= 0.3 is 0 Å². The van der Waals surface area contributed by atoms with Crippen LogP contribution in [-0.2, 0) is 4.79 Å². The molecule has 5 nitrogen and oxygen atoms in total. The van der Waals surface area contributed by atoms with Crippen molar-refractivity contribution in [3.8, 4) is 0 Å². The molecule has 20 heavy (non-hydrogen) atoms. The van der Waals surface area contributed by atoms with Gasteiger partial charge in [0.25, 0.3) is 0 Å². The largest absolute Gasteiger partial charge is 0.340 e. The molecule has 2 atom stereocenters. The van der Waals surface area contributed by atoms with Crippen molar-refractivity contribution in [3.05, 3.63) is 0 Å². The molecular formula is C15H30N4O. The second-order valence-corrected chi connectivity index (χ2v) is 6.85. The Hall–Kier alpha value is -0.650. The molecule has 1 saturated heterocycles. The topological polar surface area (TPSA) is 52.8 Å². The van der Waals surface area contributed by atoms with E-state index in [1.165, 1.54) is 0 Å².